The van der Waals surface area contributed by atoms with Crippen molar-refractivity contribution in [1.29, 1.82) is 0 Å². The second kappa shape index (κ2) is 9.73. The van der Waals surface area contributed by atoms with Crippen LogP contribution in [0.15, 0.2) is 60.2 Å². The van der Waals surface area contributed by atoms with Crippen molar-refractivity contribution in [2.24, 2.45) is 0 Å². The lowest BCUT2D eigenvalue weighted by molar-refractivity contribution is -0.122. The highest BCUT2D eigenvalue weighted by Gasteiger charge is 2.37. The number of rotatable bonds is 5. The zero-order valence-corrected chi connectivity index (χ0v) is 20.5. The number of halogens is 3. The van der Waals surface area contributed by atoms with E-state index in [4.69, 9.17) is 49.0 Å². The van der Waals surface area contributed by atoms with Crippen LogP contribution in [0.4, 0.5) is 10.5 Å². The quantitative estimate of drug-likeness (QED) is 0.330. The predicted molar refractivity (Wildman–Crippen MR) is 134 cm³/mol. The fourth-order valence-electron chi connectivity index (χ4n) is 3.62. The van der Waals surface area contributed by atoms with Gasteiger partial charge < -0.3 is 14.2 Å². The molecule has 0 saturated carbocycles. The normalized spacial score (nSPS) is 15.9. The van der Waals surface area contributed by atoms with Gasteiger partial charge in [-0.15, -0.1) is 0 Å². The van der Waals surface area contributed by atoms with Crippen LogP contribution in [0.25, 0.3) is 6.08 Å². The summed E-state index contributed by atoms with van der Waals surface area (Å²) in [6.07, 6.45) is 1.30. The van der Waals surface area contributed by atoms with Crippen LogP contribution in [-0.4, -0.2) is 24.6 Å². The Kier molecular flexibility index (Phi) is 6.49. The molecule has 0 aliphatic carbocycles. The third-order valence-corrected chi connectivity index (χ3v) is 6.16. The van der Waals surface area contributed by atoms with Gasteiger partial charge in [-0.3, -0.25) is 14.9 Å². The van der Waals surface area contributed by atoms with Crippen LogP contribution in [0.1, 0.15) is 11.1 Å². The van der Waals surface area contributed by atoms with E-state index < -0.39 is 17.8 Å². The molecule has 0 radical (unpaired) electrons. The first-order valence-corrected chi connectivity index (χ1v) is 11.6. The molecule has 0 aromatic heterocycles. The van der Waals surface area contributed by atoms with Gasteiger partial charge in [-0.05, 0) is 53.6 Å². The molecule has 36 heavy (non-hydrogen) atoms. The number of nitrogens with zero attached hydrogens (tertiary/aromatic N) is 1. The van der Waals surface area contributed by atoms with Crippen molar-refractivity contribution in [3.8, 4) is 17.2 Å². The van der Waals surface area contributed by atoms with E-state index in [2.05, 4.69) is 5.32 Å². The van der Waals surface area contributed by atoms with Crippen LogP contribution in [-0.2, 0) is 16.2 Å². The highest BCUT2D eigenvalue weighted by Crippen LogP contribution is 2.38. The van der Waals surface area contributed by atoms with Crippen molar-refractivity contribution < 1.29 is 28.6 Å². The zero-order chi connectivity index (χ0) is 25.4. The lowest BCUT2D eigenvalue weighted by Crippen LogP contribution is -2.54. The minimum atomic E-state index is -0.886. The van der Waals surface area contributed by atoms with Gasteiger partial charge in [-0.2, -0.15) is 0 Å². The zero-order valence-electron chi connectivity index (χ0n) is 18.2. The van der Waals surface area contributed by atoms with E-state index in [0.29, 0.717) is 22.1 Å². The third-order valence-electron chi connectivity index (χ3n) is 5.34. The number of amides is 4. The molecular weight excluding hydrogens is 531 g/mol. The molecule has 2 heterocycles. The van der Waals surface area contributed by atoms with Crippen LogP contribution in [0.2, 0.25) is 15.1 Å². The predicted octanol–water partition coefficient (Wildman–Crippen LogP) is 5.62. The van der Waals surface area contributed by atoms with Gasteiger partial charge in [0.05, 0.1) is 15.7 Å². The second-order valence-corrected chi connectivity index (χ2v) is 8.98. The van der Waals surface area contributed by atoms with Crippen LogP contribution in [0.3, 0.4) is 0 Å². The number of anilines is 1. The summed E-state index contributed by atoms with van der Waals surface area (Å²) < 4.78 is 16.3. The number of carbonyl (C=O) groups is 3. The molecule has 0 spiro atoms. The molecule has 3 aromatic rings. The van der Waals surface area contributed by atoms with Crippen LogP contribution >= 0.6 is 34.8 Å². The molecule has 0 atom stereocenters. The van der Waals surface area contributed by atoms with Gasteiger partial charge in [0.1, 0.15) is 12.2 Å². The maximum atomic E-state index is 13.2. The lowest BCUT2D eigenvalue weighted by Gasteiger charge is -2.26. The number of hydrogen-bond donors (Lipinski definition) is 1. The Morgan fingerprint density at radius 3 is 2.33 bits per heavy atom. The Balaban J connectivity index is 1.40. The first kappa shape index (κ1) is 24.0. The first-order valence-electron chi connectivity index (χ1n) is 10.5. The Bertz CT molecular complexity index is 1420. The summed E-state index contributed by atoms with van der Waals surface area (Å²) in [5.74, 6) is -0.566. The van der Waals surface area contributed by atoms with Crippen LogP contribution in [0, 0.1) is 0 Å². The van der Waals surface area contributed by atoms with Crippen molar-refractivity contribution >= 4 is 64.4 Å². The summed E-state index contributed by atoms with van der Waals surface area (Å²) in [6.45, 7) is 0.230. The number of urea groups is 1. The van der Waals surface area contributed by atoms with Crippen molar-refractivity contribution in [3.05, 3.63) is 86.4 Å². The number of carbonyl (C=O) groups excluding carboxylic acids is 3. The summed E-state index contributed by atoms with van der Waals surface area (Å²) >= 11 is 18.7. The molecule has 3 aromatic carbocycles. The average Bonchev–Trinajstić information content (AvgIpc) is 3.30. The summed E-state index contributed by atoms with van der Waals surface area (Å²) in [6, 6.07) is 13.8. The fourth-order valence-corrected chi connectivity index (χ4v) is 4.36. The van der Waals surface area contributed by atoms with Crippen molar-refractivity contribution in [2.75, 3.05) is 11.7 Å². The Hall–Kier alpha value is -3.72. The number of fused-ring (bicyclic) bond motifs is 1. The number of benzene rings is 3. The third kappa shape index (κ3) is 4.70. The molecule has 182 valence electrons. The van der Waals surface area contributed by atoms with E-state index in [0.717, 1.165) is 10.5 Å². The monoisotopic (exact) mass is 544 g/mol. The molecule has 2 aliphatic rings. The summed E-state index contributed by atoms with van der Waals surface area (Å²) in [5, 5.41) is 3.12. The Labute approximate surface area is 219 Å². The van der Waals surface area contributed by atoms with E-state index in [1.165, 1.54) is 30.3 Å². The Morgan fingerprint density at radius 1 is 0.917 bits per heavy atom. The molecule has 0 unspecified atom stereocenters. The number of hydrogen-bond acceptors (Lipinski definition) is 6. The minimum absolute atomic E-state index is 0.0312. The van der Waals surface area contributed by atoms with Gasteiger partial charge in [-0.1, -0.05) is 46.9 Å². The molecule has 2 aliphatic heterocycles. The van der Waals surface area contributed by atoms with Gasteiger partial charge in [0.2, 0.25) is 6.79 Å². The molecule has 5 rings (SSSR count). The standard InChI is InChI=1S/C25H15Cl3N2O6/c26-15-3-1-13(2-4-15)11-34-22-18(27)8-14(9-19(22)28)7-17-23(31)29-25(33)30(24(17)32)16-5-6-20-21(10-16)36-12-35-20/h1-10H,11-12H2,(H,29,31,33)/b17-7+. The highest BCUT2D eigenvalue weighted by atomic mass is 35.5. The van der Waals surface area contributed by atoms with E-state index in [9.17, 15) is 14.4 Å². The Morgan fingerprint density at radius 2 is 1.61 bits per heavy atom. The van der Waals surface area contributed by atoms with E-state index in [-0.39, 0.29) is 40.5 Å². The van der Waals surface area contributed by atoms with Gasteiger partial charge in [0.15, 0.2) is 17.2 Å². The molecule has 11 heteroatoms. The smallest absolute Gasteiger partial charge is 0.335 e. The molecule has 4 amide bonds. The molecule has 1 fully saturated rings. The number of imide groups is 2. The largest absolute Gasteiger partial charge is 0.486 e. The highest BCUT2D eigenvalue weighted by molar-refractivity contribution is 6.40. The first-order chi connectivity index (χ1) is 17.3. The maximum absolute atomic E-state index is 13.2. The number of ether oxygens (including phenoxy) is 3. The van der Waals surface area contributed by atoms with E-state index >= 15 is 0 Å². The molecule has 1 N–H and O–H groups in total. The summed E-state index contributed by atoms with van der Waals surface area (Å²) in [7, 11) is 0. The SMILES string of the molecule is O=C1NC(=O)N(c2ccc3c(c2)OCO3)C(=O)/C1=C/c1cc(Cl)c(OCc2ccc(Cl)cc2)c(Cl)c1. The molecule has 8 nitrogen and oxygen atoms in total. The van der Waals surface area contributed by atoms with Crippen molar-refractivity contribution in [2.45, 2.75) is 6.61 Å². The number of barbiturate groups is 1. The molecular formula is C25H15Cl3N2O6. The van der Waals surface area contributed by atoms with Crippen LogP contribution in [0.5, 0.6) is 17.2 Å². The topological polar surface area (TPSA) is 94.2 Å². The fraction of sp³-hybridized carbons (Fsp3) is 0.0800. The average molecular weight is 546 g/mol. The maximum Gasteiger partial charge on any atom is 0.335 e. The van der Waals surface area contributed by atoms with Gasteiger partial charge in [-0.25, -0.2) is 9.69 Å². The van der Waals surface area contributed by atoms with Gasteiger partial charge in [0.25, 0.3) is 11.8 Å². The minimum Gasteiger partial charge on any atom is -0.486 e. The second-order valence-electron chi connectivity index (χ2n) is 7.72. The number of nitrogens with one attached hydrogen (secondary N) is 1. The van der Waals surface area contributed by atoms with Crippen LogP contribution < -0.4 is 24.4 Å². The molecule has 0 bridgehead atoms. The molecule has 1 saturated heterocycles. The van der Waals surface area contributed by atoms with E-state index in [1.54, 1.807) is 18.2 Å². The lowest BCUT2D eigenvalue weighted by atomic mass is 10.1. The van der Waals surface area contributed by atoms with Crippen molar-refractivity contribution in [3.63, 3.8) is 0 Å². The van der Waals surface area contributed by atoms with E-state index in [1.807, 2.05) is 12.1 Å². The summed E-state index contributed by atoms with van der Waals surface area (Å²) in [4.78, 5) is 39.0. The van der Waals surface area contributed by atoms with Gasteiger partial charge >= 0.3 is 6.03 Å². The van der Waals surface area contributed by atoms with Crippen molar-refractivity contribution in [1.82, 2.24) is 5.32 Å². The summed E-state index contributed by atoms with van der Waals surface area (Å²) in [5.41, 5.74) is 1.15. The van der Waals surface area contributed by atoms with Gasteiger partial charge in [0, 0.05) is 11.1 Å².